The maximum absolute atomic E-state index is 12.5. The number of carbonyl (C=O) groups excluding carboxylic acids is 2. The molecule has 0 aromatic rings. The van der Waals surface area contributed by atoms with Gasteiger partial charge >= 0.3 is 19.8 Å². The molecule has 1 unspecified atom stereocenters. The van der Waals surface area contributed by atoms with E-state index in [9.17, 15) is 24.2 Å². The fourth-order valence-electron chi connectivity index (χ4n) is 4.73. The van der Waals surface area contributed by atoms with Crippen LogP contribution in [0.15, 0.2) is 24.3 Å². The van der Waals surface area contributed by atoms with Gasteiger partial charge in [0.05, 0.1) is 19.8 Å². The Morgan fingerprint density at radius 3 is 1.68 bits per heavy atom. The molecule has 276 valence electrons. The van der Waals surface area contributed by atoms with E-state index in [4.69, 9.17) is 19.1 Å². The first-order valence-electron chi connectivity index (χ1n) is 18.3. The van der Waals surface area contributed by atoms with Crippen LogP contribution in [0.25, 0.3) is 0 Å². The van der Waals surface area contributed by atoms with Crippen LogP contribution in [0.2, 0.25) is 0 Å². The first kappa shape index (κ1) is 45.5. The zero-order chi connectivity index (χ0) is 34.9. The molecule has 0 saturated heterocycles. The molecule has 0 amide bonds. The predicted molar refractivity (Wildman–Crippen MR) is 187 cm³/mol. The Hall–Kier alpha value is -1.55. The molecule has 0 radical (unpaired) electrons. The molecular weight excluding hydrogens is 623 g/mol. The molecule has 0 aliphatic rings. The Morgan fingerprint density at radius 1 is 0.638 bits per heavy atom. The van der Waals surface area contributed by atoms with Crippen molar-refractivity contribution in [1.82, 2.24) is 0 Å². The number of phosphoric ester groups is 1. The highest BCUT2D eigenvalue weighted by Gasteiger charge is 2.27. The van der Waals surface area contributed by atoms with Crippen LogP contribution in [0.1, 0.15) is 155 Å². The summed E-state index contributed by atoms with van der Waals surface area (Å²) in [6, 6.07) is 0. The lowest BCUT2D eigenvalue weighted by molar-refractivity contribution is -0.161. The number of hydrogen-bond acceptors (Lipinski definition) is 9. The monoisotopic (exact) mass is 690 g/mol. The molecule has 3 atom stereocenters. The number of carbonyl (C=O) groups is 2. The van der Waals surface area contributed by atoms with Gasteiger partial charge in [-0.3, -0.25) is 18.6 Å². The van der Waals surface area contributed by atoms with Crippen molar-refractivity contribution in [2.24, 2.45) is 0 Å². The fourth-order valence-corrected chi connectivity index (χ4v) is 5.52. The molecule has 47 heavy (non-hydrogen) atoms. The molecule has 0 aromatic heterocycles. The molecule has 0 saturated carbocycles. The maximum atomic E-state index is 12.5. The molecule has 0 fully saturated rings. The first-order valence-corrected chi connectivity index (χ1v) is 19.8. The Morgan fingerprint density at radius 2 is 1.11 bits per heavy atom. The van der Waals surface area contributed by atoms with Gasteiger partial charge in [-0.25, -0.2) is 4.57 Å². The van der Waals surface area contributed by atoms with E-state index in [1.807, 2.05) is 0 Å². The van der Waals surface area contributed by atoms with E-state index < -0.39 is 51.8 Å². The third-order valence-corrected chi connectivity index (χ3v) is 8.56. The topological polar surface area (TPSA) is 149 Å². The van der Waals surface area contributed by atoms with Gasteiger partial charge in [-0.15, -0.1) is 0 Å². The molecule has 0 aliphatic heterocycles. The maximum Gasteiger partial charge on any atom is 0.472 e. The second-order valence-corrected chi connectivity index (χ2v) is 13.7. The molecular formula is C36H67O10P. The molecule has 0 spiro atoms. The number of allylic oxidation sites excluding steroid dienone is 4. The van der Waals surface area contributed by atoms with E-state index >= 15 is 0 Å². The van der Waals surface area contributed by atoms with Gasteiger partial charge in [0.25, 0.3) is 0 Å². The van der Waals surface area contributed by atoms with Gasteiger partial charge in [-0.2, -0.15) is 0 Å². The van der Waals surface area contributed by atoms with E-state index in [0.29, 0.717) is 12.8 Å². The molecule has 0 aromatic carbocycles. The van der Waals surface area contributed by atoms with Crippen molar-refractivity contribution in [2.45, 2.75) is 167 Å². The minimum Gasteiger partial charge on any atom is -0.462 e. The third-order valence-electron chi connectivity index (χ3n) is 7.61. The summed E-state index contributed by atoms with van der Waals surface area (Å²) in [4.78, 5) is 34.7. The summed E-state index contributed by atoms with van der Waals surface area (Å²) in [5.74, 6) is -0.966. The van der Waals surface area contributed by atoms with Crippen LogP contribution in [-0.4, -0.2) is 65.7 Å². The van der Waals surface area contributed by atoms with Crippen LogP contribution in [0.3, 0.4) is 0 Å². The van der Waals surface area contributed by atoms with Crippen molar-refractivity contribution in [3.05, 3.63) is 24.3 Å². The number of phosphoric acid groups is 1. The summed E-state index contributed by atoms with van der Waals surface area (Å²) in [7, 11) is -4.61. The van der Waals surface area contributed by atoms with Gasteiger partial charge in [-0.05, 0) is 44.9 Å². The highest BCUT2D eigenvalue weighted by Crippen LogP contribution is 2.43. The van der Waals surface area contributed by atoms with Gasteiger partial charge in [0.1, 0.15) is 12.7 Å². The quantitative estimate of drug-likeness (QED) is 0.0259. The average Bonchev–Trinajstić information content (AvgIpc) is 3.05. The Labute approximate surface area is 285 Å². The highest BCUT2D eigenvalue weighted by atomic mass is 31.2. The number of esters is 2. The molecule has 0 aliphatic carbocycles. The zero-order valence-electron chi connectivity index (χ0n) is 29.5. The van der Waals surface area contributed by atoms with Gasteiger partial charge in [0.2, 0.25) is 0 Å². The smallest absolute Gasteiger partial charge is 0.462 e. The first-order chi connectivity index (χ1) is 22.7. The van der Waals surface area contributed by atoms with E-state index in [1.165, 1.54) is 70.6 Å². The van der Waals surface area contributed by atoms with Crippen LogP contribution >= 0.6 is 7.82 Å². The van der Waals surface area contributed by atoms with Crippen LogP contribution in [0, 0.1) is 0 Å². The normalized spacial score (nSPS) is 14.4. The van der Waals surface area contributed by atoms with Gasteiger partial charge in [0, 0.05) is 12.8 Å². The summed E-state index contributed by atoms with van der Waals surface area (Å²) in [5, 5.41) is 18.2. The van der Waals surface area contributed by atoms with Crippen LogP contribution in [0.4, 0.5) is 0 Å². The minimum absolute atomic E-state index is 0.179. The lowest BCUT2D eigenvalue weighted by atomic mass is 10.1. The Kier molecular flexibility index (Phi) is 31.9. The van der Waals surface area contributed by atoms with Crippen molar-refractivity contribution < 1.29 is 47.8 Å². The molecule has 0 bridgehead atoms. The summed E-state index contributed by atoms with van der Waals surface area (Å²) in [6.07, 6.45) is 28.8. The SMILES string of the molecule is CCCCCCCC/C=C/C/C=C/CCCCC(=O)OC[C@@H](COP(=O)(O)OC[C@H](O)CO)OC(=O)CCCCCCCCCCC. The van der Waals surface area contributed by atoms with Crippen molar-refractivity contribution in [1.29, 1.82) is 0 Å². The summed E-state index contributed by atoms with van der Waals surface area (Å²) < 4.78 is 32.4. The highest BCUT2D eigenvalue weighted by molar-refractivity contribution is 7.47. The van der Waals surface area contributed by atoms with Crippen molar-refractivity contribution in [3.63, 3.8) is 0 Å². The zero-order valence-corrected chi connectivity index (χ0v) is 30.4. The number of ether oxygens (including phenoxy) is 2. The number of rotatable bonds is 34. The van der Waals surface area contributed by atoms with Crippen LogP contribution < -0.4 is 0 Å². The Balaban J connectivity index is 4.41. The molecule has 3 N–H and O–H groups in total. The minimum atomic E-state index is -4.61. The van der Waals surface area contributed by atoms with Crippen molar-refractivity contribution in [3.8, 4) is 0 Å². The predicted octanol–water partition coefficient (Wildman–Crippen LogP) is 8.66. The number of hydrogen-bond donors (Lipinski definition) is 3. The number of aliphatic hydroxyl groups excluding tert-OH is 2. The van der Waals surface area contributed by atoms with Crippen LogP contribution in [-0.2, 0) is 32.7 Å². The lowest BCUT2D eigenvalue weighted by Gasteiger charge is -2.20. The average molecular weight is 691 g/mol. The summed E-state index contributed by atoms with van der Waals surface area (Å²) in [6.45, 7) is 2.29. The van der Waals surface area contributed by atoms with Crippen molar-refractivity contribution in [2.75, 3.05) is 26.4 Å². The van der Waals surface area contributed by atoms with E-state index in [-0.39, 0.29) is 19.4 Å². The largest absolute Gasteiger partial charge is 0.472 e. The van der Waals surface area contributed by atoms with E-state index in [0.717, 1.165) is 44.9 Å². The standard InChI is InChI=1S/C36H67O10P/c1-3-5-7-9-11-13-14-15-16-17-18-20-21-23-25-27-35(39)43-31-34(32-45-47(41,42)44-30-33(38)29-37)46-36(40)28-26-24-22-19-12-10-8-6-4-2/h15-16,18,20,33-34,37-38H,3-14,17,19,21-32H2,1-2H3,(H,41,42)/b16-15+,20-18+/t33-,34+/m1/s1. The van der Waals surface area contributed by atoms with E-state index in [2.05, 4.69) is 42.7 Å². The van der Waals surface area contributed by atoms with Crippen LogP contribution in [0.5, 0.6) is 0 Å². The van der Waals surface area contributed by atoms with Gasteiger partial charge < -0.3 is 24.6 Å². The fraction of sp³-hybridized carbons (Fsp3) is 0.833. The van der Waals surface area contributed by atoms with Crippen molar-refractivity contribution >= 4 is 19.8 Å². The second kappa shape index (κ2) is 33.0. The second-order valence-electron chi connectivity index (χ2n) is 12.3. The molecule has 10 nitrogen and oxygen atoms in total. The molecule has 0 rings (SSSR count). The third kappa shape index (κ3) is 32.8. The molecule has 11 heteroatoms. The lowest BCUT2D eigenvalue weighted by Crippen LogP contribution is -2.29. The molecule has 0 heterocycles. The Bertz CT molecular complexity index is 848. The number of aliphatic hydroxyl groups is 2. The van der Waals surface area contributed by atoms with Gasteiger partial charge in [-0.1, -0.05) is 122 Å². The van der Waals surface area contributed by atoms with Gasteiger partial charge in [0.15, 0.2) is 6.10 Å². The summed E-state index contributed by atoms with van der Waals surface area (Å²) >= 11 is 0. The number of unbranched alkanes of at least 4 members (excludes halogenated alkanes) is 16. The summed E-state index contributed by atoms with van der Waals surface area (Å²) in [5.41, 5.74) is 0. The van der Waals surface area contributed by atoms with E-state index in [1.54, 1.807) is 0 Å².